The summed E-state index contributed by atoms with van der Waals surface area (Å²) in [7, 11) is 0. The topological polar surface area (TPSA) is 102 Å². The molecule has 1 aliphatic heterocycles. The first-order valence-electron chi connectivity index (χ1n) is 7.02. The predicted molar refractivity (Wildman–Crippen MR) is 79.8 cm³/mol. The van der Waals surface area contributed by atoms with E-state index in [0.29, 0.717) is 12.5 Å². The molecule has 1 aromatic rings. The Hall–Kier alpha value is -2.15. The van der Waals surface area contributed by atoms with Gasteiger partial charge in [-0.05, 0) is 37.8 Å². The van der Waals surface area contributed by atoms with E-state index in [1.165, 1.54) is 12.1 Å². The molecule has 0 aromatic heterocycles. The van der Waals surface area contributed by atoms with Gasteiger partial charge in [0.2, 0.25) is 0 Å². The molecule has 1 heterocycles. The summed E-state index contributed by atoms with van der Waals surface area (Å²) in [5, 5.41) is 11.3. The summed E-state index contributed by atoms with van der Waals surface area (Å²) in [6, 6.07) is 4.62. The van der Waals surface area contributed by atoms with Crippen LogP contribution in [-0.2, 0) is 0 Å². The molecule has 1 fully saturated rings. The van der Waals surface area contributed by atoms with Gasteiger partial charge in [0, 0.05) is 12.6 Å². The Morgan fingerprint density at radius 1 is 1.48 bits per heavy atom. The van der Waals surface area contributed by atoms with E-state index < -0.39 is 4.92 Å². The number of nitrogens with one attached hydrogen (secondary N) is 1. The number of piperidine rings is 1. The molecule has 1 aromatic carbocycles. The molecule has 0 radical (unpaired) electrons. The van der Waals surface area contributed by atoms with E-state index in [9.17, 15) is 14.9 Å². The second kappa shape index (κ2) is 6.09. The van der Waals surface area contributed by atoms with Crippen molar-refractivity contribution in [3.63, 3.8) is 0 Å². The molecule has 2 atom stereocenters. The summed E-state index contributed by atoms with van der Waals surface area (Å²) in [5.41, 5.74) is 2.24. The zero-order valence-electron chi connectivity index (χ0n) is 12.2. The molecule has 21 heavy (non-hydrogen) atoms. The molecule has 2 unspecified atom stereocenters. The van der Waals surface area contributed by atoms with E-state index in [4.69, 9.17) is 5.84 Å². The first-order valence-corrected chi connectivity index (χ1v) is 7.02. The number of nitrogens with zero attached hydrogens (tertiary/aromatic N) is 2. The van der Waals surface area contributed by atoms with Crippen molar-refractivity contribution in [3.05, 3.63) is 33.9 Å². The highest BCUT2D eigenvalue weighted by Crippen LogP contribution is 2.31. The summed E-state index contributed by atoms with van der Waals surface area (Å²) >= 11 is 0. The van der Waals surface area contributed by atoms with Crippen molar-refractivity contribution in [2.45, 2.75) is 32.7 Å². The van der Waals surface area contributed by atoms with Crippen molar-refractivity contribution in [1.82, 2.24) is 4.90 Å². The third kappa shape index (κ3) is 2.82. The van der Waals surface area contributed by atoms with Gasteiger partial charge in [-0.3, -0.25) is 20.8 Å². The van der Waals surface area contributed by atoms with Crippen LogP contribution in [0.15, 0.2) is 18.2 Å². The zero-order chi connectivity index (χ0) is 15.6. The Bertz CT molecular complexity index is 561. The van der Waals surface area contributed by atoms with Gasteiger partial charge in [0.1, 0.15) is 11.3 Å². The van der Waals surface area contributed by atoms with Crippen LogP contribution in [0.3, 0.4) is 0 Å². The molecule has 2 rings (SSSR count). The van der Waals surface area contributed by atoms with Gasteiger partial charge in [0.25, 0.3) is 5.91 Å². The SMILES string of the molecule is CC1CCCN(C(=O)c2cccc(NN)c2[N+](=O)[O-])C1C. The highest BCUT2D eigenvalue weighted by atomic mass is 16.6. The van der Waals surface area contributed by atoms with E-state index in [-0.39, 0.29) is 28.9 Å². The molecule has 114 valence electrons. The van der Waals surface area contributed by atoms with Gasteiger partial charge < -0.3 is 10.3 Å². The average Bonchev–Trinajstić information content (AvgIpc) is 2.48. The van der Waals surface area contributed by atoms with Crippen LogP contribution >= 0.6 is 0 Å². The number of para-hydroxylation sites is 1. The van der Waals surface area contributed by atoms with Gasteiger partial charge in [0.05, 0.1) is 4.92 Å². The lowest BCUT2D eigenvalue weighted by Crippen LogP contribution is -2.46. The Morgan fingerprint density at radius 3 is 2.81 bits per heavy atom. The second-order valence-electron chi connectivity index (χ2n) is 5.46. The summed E-state index contributed by atoms with van der Waals surface area (Å²) in [4.78, 5) is 25.1. The number of nitrogen functional groups attached to an aromatic ring is 1. The van der Waals surface area contributed by atoms with Crippen LogP contribution in [0.2, 0.25) is 0 Å². The molecule has 0 spiro atoms. The predicted octanol–water partition coefficient (Wildman–Crippen LogP) is 2.14. The van der Waals surface area contributed by atoms with Crippen molar-refractivity contribution in [1.29, 1.82) is 0 Å². The minimum Gasteiger partial charge on any atom is -0.335 e. The van der Waals surface area contributed by atoms with Crippen molar-refractivity contribution < 1.29 is 9.72 Å². The van der Waals surface area contributed by atoms with E-state index in [1.807, 2.05) is 6.92 Å². The number of carbonyl (C=O) groups is 1. The van der Waals surface area contributed by atoms with Gasteiger partial charge in [0.15, 0.2) is 0 Å². The normalized spacial score (nSPS) is 22.0. The standard InChI is InChI=1S/C14H20N4O3/c1-9-5-4-8-17(10(9)2)14(19)11-6-3-7-12(16-15)13(11)18(20)21/h3,6-7,9-10,16H,4-5,8,15H2,1-2H3. The summed E-state index contributed by atoms with van der Waals surface area (Å²) < 4.78 is 0. The first-order chi connectivity index (χ1) is 9.97. The monoisotopic (exact) mass is 292 g/mol. The van der Waals surface area contributed by atoms with Crippen molar-refractivity contribution in [2.75, 3.05) is 12.0 Å². The number of nitro benzene ring substituents is 1. The van der Waals surface area contributed by atoms with Gasteiger partial charge in [-0.1, -0.05) is 13.0 Å². The van der Waals surface area contributed by atoms with Crippen LogP contribution in [0, 0.1) is 16.0 Å². The number of amides is 1. The highest BCUT2D eigenvalue weighted by molar-refractivity contribution is 6.00. The van der Waals surface area contributed by atoms with Crippen LogP contribution < -0.4 is 11.3 Å². The quantitative estimate of drug-likeness (QED) is 0.505. The number of rotatable bonds is 3. The van der Waals surface area contributed by atoms with Crippen LogP contribution in [0.1, 0.15) is 37.0 Å². The number of hydrogen-bond acceptors (Lipinski definition) is 5. The maximum atomic E-state index is 12.7. The number of anilines is 1. The lowest BCUT2D eigenvalue weighted by molar-refractivity contribution is -0.384. The molecule has 0 bridgehead atoms. The van der Waals surface area contributed by atoms with Gasteiger partial charge >= 0.3 is 5.69 Å². The Labute approximate surface area is 123 Å². The number of hydrazine groups is 1. The van der Waals surface area contributed by atoms with Crippen LogP contribution in [0.4, 0.5) is 11.4 Å². The molecule has 0 saturated carbocycles. The highest BCUT2D eigenvalue weighted by Gasteiger charge is 2.33. The number of hydrogen-bond donors (Lipinski definition) is 2. The van der Waals surface area contributed by atoms with Crippen molar-refractivity contribution in [3.8, 4) is 0 Å². The van der Waals surface area contributed by atoms with E-state index in [0.717, 1.165) is 12.8 Å². The fourth-order valence-electron chi connectivity index (χ4n) is 2.81. The number of likely N-dealkylation sites (tertiary alicyclic amines) is 1. The van der Waals surface area contributed by atoms with E-state index >= 15 is 0 Å². The smallest absolute Gasteiger partial charge is 0.306 e. The Morgan fingerprint density at radius 2 is 2.19 bits per heavy atom. The lowest BCUT2D eigenvalue weighted by atomic mass is 9.91. The van der Waals surface area contributed by atoms with Crippen LogP contribution in [-0.4, -0.2) is 28.3 Å². The molecule has 1 aliphatic rings. The van der Waals surface area contributed by atoms with Crippen LogP contribution in [0.5, 0.6) is 0 Å². The van der Waals surface area contributed by atoms with Gasteiger partial charge in [-0.2, -0.15) is 0 Å². The third-order valence-electron chi connectivity index (χ3n) is 4.24. The molecule has 0 aliphatic carbocycles. The summed E-state index contributed by atoms with van der Waals surface area (Å²) in [5.74, 6) is 5.39. The molecule has 3 N–H and O–H groups in total. The Kier molecular flexibility index (Phi) is 4.42. The molecule has 7 nitrogen and oxygen atoms in total. The molecule has 7 heteroatoms. The minimum atomic E-state index is -0.569. The number of carbonyl (C=O) groups excluding carboxylic acids is 1. The largest absolute Gasteiger partial charge is 0.335 e. The van der Waals surface area contributed by atoms with Gasteiger partial charge in [-0.15, -0.1) is 0 Å². The third-order valence-corrected chi connectivity index (χ3v) is 4.24. The molecule has 1 saturated heterocycles. The lowest BCUT2D eigenvalue weighted by Gasteiger charge is -2.37. The Balaban J connectivity index is 2.41. The maximum absolute atomic E-state index is 12.7. The van der Waals surface area contributed by atoms with Crippen LogP contribution in [0.25, 0.3) is 0 Å². The molecular weight excluding hydrogens is 272 g/mol. The van der Waals surface area contributed by atoms with E-state index in [1.54, 1.807) is 11.0 Å². The number of nitrogens with two attached hydrogens (primary N) is 1. The zero-order valence-corrected chi connectivity index (χ0v) is 12.2. The molecule has 1 amide bonds. The fourth-order valence-corrected chi connectivity index (χ4v) is 2.81. The van der Waals surface area contributed by atoms with Crippen molar-refractivity contribution >= 4 is 17.3 Å². The van der Waals surface area contributed by atoms with Crippen molar-refractivity contribution in [2.24, 2.45) is 11.8 Å². The fraction of sp³-hybridized carbons (Fsp3) is 0.500. The first kappa shape index (κ1) is 15.2. The molecular formula is C14H20N4O3. The van der Waals surface area contributed by atoms with E-state index in [2.05, 4.69) is 12.3 Å². The minimum absolute atomic E-state index is 0.0698. The summed E-state index contributed by atoms with van der Waals surface area (Å²) in [6.45, 7) is 4.71. The van der Waals surface area contributed by atoms with Gasteiger partial charge in [-0.25, -0.2) is 0 Å². The maximum Gasteiger partial charge on any atom is 0.306 e. The average molecular weight is 292 g/mol. The number of nitro groups is 1. The summed E-state index contributed by atoms with van der Waals surface area (Å²) in [6.07, 6.45) is 1.98. The second-order valence-corrected chi connectivity index (χ2v) is 5.46. The number of benzene rings is 1.